The van der Waals surface area contributed by atoms with Gasteiger partial charge >= 0.3 is 0 Å². The third kappa shape index (κ3) is 5.09. The maximum atomic E-state index is 13.6. The molecule has 0 radical (unpaired) electrons. The molecule has 0 bridgehead atoms. The quantitative estimate of drug-likeness (QED) is 0.326. The molecule has 0 spiro atoms. The lowest BCUT2D eigenvalue weighted by Crippen LogP contribution is -2.15. The molecule has 0 aliphatic rings. The van der Waals surface area contributed by atoms with Gasteiger partial charge in [0.25, 0.3) is 5.91 Å². The molecule has 0 aliphatic carbocycles. The molecule has 1 amide bonds. The van der Waals surface area contributed by atoms with Gasteiger partial charge in [-0.2, -0.15) is 0 Å². The smallest absolute Gasteiger partial charge is 0.257 e. The van der Waals surface area contributed by atoms with E-state index in [1.165, 1.54) is 30.3 Å². The number of anilines is 2. The number of benzene rings is 4. The van der Waals surface area contributed by atoms with Gasteiger partial charge in [-0.3, -0.25) is 4.79 Å². The molecule has 4 rings (SSSR count). The minimum atomic E-state index is -3.87. The molecule has 172 valence electrons. The molecule has 0 unspecified atom stereocenters. The molecule has 5 N–H and O–H groups in total. The van der Waals surface area contributed by atoms with E-state index in [0.29, 0.717) is 21.7 Å². The summed E-state index contributed by atoms with van der Waals surface area (Å²) in [4.78, 5) is 13.1. The third-order valence-electron chi connectivity index (χ3n) is 5.18. The largest absolute Gasteiger partial charge is 0.398 e. The van der Waals surface area contributed by atoms with E-state index in [1.807, 2.05) is 0 Å². The summed E-state index contributed by atoms with van der Waals surface area (Å²) in [5.41, 5.74) is 9.58. The van der Waals surface area contributed by atoms with Crippen LogP contribution in [0.4, 0.5) is 15.8 Å². The highest BCUT2D eigenvalue weighted by Gasteiger charge is 2.18. The second kappa shape index (κ2) is 9.26. The number of nitrogens with two attached hydrogens (primary N) is 2. The molecule has 0 aromatic heterocycles. The zero-order valence-corrected chi connectivity index (χ0v) is 19.2. The fraction of sp³-hybridized carbons (Fsp3) is 0. The maximum Gasteiger partial charge on any atom is 0.257 e. The van der Waals surface area contributed by atoms with Crippen molar-refractivity contribution in [3.05, 3.63) is 101 Å². The molecule has 6 nitrogen and oxygen atoms in total. The number of halogens is 2. The molecule has 4 aromatic rings. The van der Waals surface area contributed by atoms with Crippen molar-refractivity contribution in [1.82, 2.24) is 0 Å². The van der Waals surface area contributed by atoms with Crippen molar-refractivity contribution < 1.29 is 17.6 Å². The minimum absolute atomic E-state index is 0.0484. The van der Waals surface area contributed by atoms with Crippen molar-refractivity contribution >= 4 is 38.9 Å². The van der Waals surface area contributed by atoms with Crippen LogP contribution in [0, 0.1) is 5.82 Å². The van der Waals surface area contributed by atoms with E-state index in [1.54, 1.807) is 54.6 Å². The molecule has 0 atom stereocenters. The molecule has 4 aromatic carbocycles. The number of hydrogen-bond donors (Lipinski definition) is 3. The zero-order chi connectivity index (χ0) is 24.5. The third-order valence-corrected chi connectivity index (χ3v) is 6.36. The summed E-state index contributed by atoms with van der Waals surface area (Å²) in [5, 5.41) is 8.41. The van der Waals surface area contributed by atoms with Gasteiger partial charge in [0.15, 0.2) is 0 Å². The van der Waals surface area contributed by atoms with E-state index in [4.69, 9.17) is 22.5 Å². The number of carbonyl (C=O) groups excluding carboxylic acids is 1. The molecule has 0 aliphatic heterocycles. The normalized spacial score (nSPS) is 11.3. The van der Waals surface area contributed by atoms with Gasteiger partial charge in [-0.1, -0.05) is 41.9 Å². The Labute approximate surface area is 201 Å². The fourth-order valence-corrected chi connectivity index (χ4v) is 4.12. The average Bonchev–Trinajstić information content (AvgIpc) is 2.79. The van der Waals surface area contributed by atoms with E-state index < -0.39 is 21.7 Å². The SMILES string of the molecule is Nc1c(C(=O)Nc2cccc(F)c2)cc(-c2ccc(Cl)cc2)cc1-c1ccc(S(N)(=O)=O)cc1. The summed E-state index contributed by atoms with van der Waals surface area (Å²) >= 11 is 6.01. The molecule has 0 saturated heterocycles. The number of carbonyl (C=O) groups is 1. The summed E-state index contributed by atoms with van der Waals surface area (Å²) in [6.07, 6.45) is 0. The van der Waals surface area contributed by atoms with Gasteiger partial charge in [-0.05, 0) is 71.3 Å². The van der Waals surface area contributed by atoms with Gasteiger partial charge in [0, 0.05) is 16.3 Å². The van der Waals surface area contributed by atoms with Crippen LogP contribution in [0.25, 0.3) is 22.3 Å². The van der Waals surface area contributed by atoms with Crippen LogP contribution in [0.3, 0.4) is 0 Å². The Morgan fingerprint density at radius 2 is 1.50 bits per heavy atom. The molecule has 34 heavy (non-hydrogen) atoms. The van der Waals surface area contributed by atoms with Gasteiger partial charge in [0.2, 0.25) is 10.0 Å². The monoisotopic (exact) mass is 495 g/mol. The van der Waals surface area contributed by atoms with Gasteiger partial charge in [0.1, 0.15) is 5.82 Å². The van der Waals surface area contributed by atoms with Crippen molar-refractivity contribution in [2.45, 2.75) is 4.90 Å². The van der Waals surface area contributed by atoms with E-state index in [-0.39, 0.29) is 21.8 Å². The van der Waals surface area contributed by atoms with E-state index in [2.05, 4.69) is 5.32 Å². The van der Waals surface area contributed by atoms with E-state index in [0.717, 1.165) is 5.56 Å². The standard InChI is InChI=1S/C25H19ClFN3O3S/c26-18-8-4-15(5-9-18)17-12-22(16-6-10-21(11-7-16)34(29,32)33)24(28)23(13-17)25(31)30-20-3-1-2-19(27)14-20/h1-14H,28H2,(H,30,31)(H2,29,32,33). The lowest BCUT2D eigenvalue weighted by Gasteiger charge is -2.15. The van der Waals surface area contributed by atoms with Crippen LogP contribution in [0.2, 0.25) is 5.02 Å². The number of nitrogen functional groups attached to an aromatic ring is 1. The fourth-order valence-electron chi connectivity index (χ4n) is 3.48. The Morgan fingerprint density at radius 3 is 2.12 bits per heavy atom. The van der Waals surface area contributed by atoms with Gasteiger partial charge in [-0.25, -0.2) is 17.9 Å². The summed E-state index contributed by atoms with van der Waals surface area (Å²) in [7, 11) is -3.87. The number of nitrogens with one attached hydrogen (secondary N) is 1. The molecular formula is C25H19ClFN3O3S. The van der Waals surface area contributed by atoms with Gasteiger partial charge < -0.3 is 11.1 Å². The first-order chi connectivity index (χ1) is 16.1. The van der Waals surface area contributed by atoms with Crippen molar-refractivity contribution in [1.29, 1.82) is 0 Å². The number of sulfonamides is 1. The number of amides is 1. The second-order valence-electron chi connectivity index (χ2n) is 7.53. The highest BCUT2D eigenvalue weighted by Crippen LogP contribution is 2.35. The summed E-state index contributed by atoms with van der Waals surface area (Å²) in [5.74, 6) is -1.02. The predicted octanol–water partition coefficient (Wildman–Crippen LogP) is 5.30. The Hall–Kier alpha value is -3.72. The highest BCUT2D eigenvalue weighted by atomic mass is 35.5. The molecular weight excluding hydrogens is 477 g/mol. The summed E-state index contributed by atoms with van der Waals surface area (Å²) in [6, 6.07) is 21.8. The predicted molar refractivity (Wildman–Crippen MR) is 132 cm³/mol. The summed E-state index contributed by atoms with van der Waals surface area (Å²) in [6.45, 7) is 0. The Kier molecular flexibility index (Phi) is 6.39. The second-order valence-corrected chi connectivity index (χ2v) is 9.52. The molecule has 9 heteroatoms. The van der Waals surface area contributed by atoms with Crippen molar-refractivity contribution in [3.8, 4) is 22.3 Å². The van der Waals surface area contributed by atoms with Crippen LogP contribution in [0.5, 0.6) is 0 Å². The van der Waals surface area contributed by atoms with Crippen LogP contribution in [0.15, 0.2) is 89.8 Å². The number of primary sulfonamides is 1. The Balaban J connectivity index is 1.84. The van der Waals surface area contributed by atoms with Crippen LogP contribution < -0.4 is 16.2 Å². The summed E-state index contributed by atoms with van der Waals surface area (Å²) < 4.78 is 36.8. The topological polar surface area (TPSA) is 115 Å². The van der Waals surface area contributed by atoms with Crippen LogP contribution in [0.1, 0.15) is 10.4 Å². The Morgan fingerprint density at radius 1 is 0.853 bits per heavy atom. The number of rotatable bonds is 5. The first kappa shape index (κ1) is 23.4. The van der Waals surface area contributed by atoms with Crippen LogP contribution >= 0.6 is 11.6 Å². The van der Waals surface area contributed by atoms with Crippen molar-refractivity contribution in [3.63, 3.8) is 0 Å². The minimum Gasteiger partial charge on any atom is -0.398 e. The first-order valence-electron chi connectivity index (χ1n) is 10.0. The highest BCUT2D eigenvalue weighted by molar-refractivity contribution is 7.89. The molecule has 0 fully saturated rings. The zero-order valence-electron chi connectivity index (χ0n) is 17.6. The molecule has 0 saturated carbocycles. The van der Waals surface area contributed by atoms with Crippen molar-refractivity contribution in [2.24, 2.45) is 5.14 Å². The van der Waals surface area contributed by atoms with E-state index >= 15 is 0 Å². The first-order valence-corrected chi connectivity index (χ1v) is 11.9. The van der Waals surface area contributed by atoms with Gasteiger partial charge in [0.05, 0.1) is 16.1 Å². The van der Waals surface area contributed by atoms with Crippen LogP contribution in [-0.4, -0.2) is 14.3 Å². The maximum absolute atomic E-state index is 13.6. The lowest BCUT2D eigenvalue weighted by atomic mass is 9.93. The van der Waals surface area contributed by atoms with Crippen molar-refractivity contribution in [2.75, 3.05) is 11.1 Å². The Bertz CT molecular complexity index is 1490. The van der Waals surface area contributed by atoms with Gasteiger partial charge in [-0.15, -0.1) is 0 Å². The molecule has 0 heterocycles. The van der Waals surface area contributed by atoms with Crippen LogP contribution in [-0.2, 0) is 10.0 Å². The lowest BCUT2D eigenvalue weighted by molar-refractivity contribution is 0.102. The van der Waals surface area contributed by atoms with E-state index in [9.17, 15) is 17.6 Å². The average molecular weight is 496 g/mol. The number of hydrogen-bond acceptors (Lipinski definition) is 4.